The number of furan rings is 1. The van der Waals surface area contributed by atoms with Gasteiger partial charge < -0.3 is 18.9 Å². The third-order valence-corrected chi connectivity index (χ3v) is 6.69. The van der Waals surface area contributed by atoms with Crippen LogP contribution in [0.15, 0.2) is 51.9 Å². The molecule has 10 heteroatoms. The first kappa shape index (κ1) is 24.2. The average Bonchev–Trinajstić information content (AvgIpc) is 3.64. The number of pyridine rings is 1. The molecule has 2 atom stereocenters. The van der Waals surface area contributed by atoms with E-state index in [0.717, 1.165) is 47.7 Å². The van der Waals surface area contributed by atoms with Crippen LogP contribution in [0.5, 0.6) is 5.75 Å². The zero-order chi connectivity index (χ0) is 25.1. The Morgan fingerprint density at radius 3 is 2.86 bits per heavy atom. The Hall–Kier alpha value is -3.50. The summed E-state index contributed by atoms with van der Waals surface area (Å²) in [6, 6.07) is 11.2. The predicted octanol–water partition coefficient (Wildman–Crippen LogP) is 3.69. The molecule has 0 spiro atoms. The highest BCUT2D eigenvalue weighted by molar-refractivity contribution is 5.80. The van der Waals surface area contributed by atoms with Crippen molar-refractivity contribution in [2.45, 2.75) is 58.5 Å². The van der Waals surface area contributed by atoms with Gasteiger partial charge in [-0.1, -0.05) is 13.8 Å². The molecular weight excluding hydrogens is 460 g/mol. The number of ether oxygens (including phenoxy) is 2. The fourth-order valence-electron chi connectivity index (χ4n) is 4.97. The molecular formula is C26H32N6O4. The number of benzene rings is 1. The zero-order valence-corrected chi connectivity index (χ0v) is 20.9. The molecule has 1 saturated heterocycles. The molecule has 0 amide bonds. The number of aromatic amines is 1. The Bertz CT molecular complexity index is 1340. The Kier molecular flexibility index (Phi) is 7.15. The van der Waals surface area contributed by atoms with Crippen LogP contribution in [-0.2, 0) is 24.4 Å². The van der Waals surface area contributed by atoms with Crippen molar-refractivity contribution >= 4 is 10.9 Å². The van der Waals surface area contributed by atoms with Gasteiger partial charge in [-0.25, -0.2) is 4.68 Å². The molecule has 0 radical (unpaired) electrons. The van der Waals surface area contributed by atoms with E-state index in [0.29, 0.717) is 25.2 Å². The fourth-order valence-corrected chi connectivity index (χ4v) is 4.97. The Morgan fingerprint density at radius 1 is 1.25 bits per heavy atom. The van der Waals surface area contributed by atoms with Gasteiger partial charge >= 0.3 is 0 Å². The highest BCUT2D eigenvalue weighted by Gasteiger charge is 2.31. The Balaban J connectivity index is 1.51. The molecule has 3 aromatic heterocycles. The lowest BCUT2D eigenvalue weighted by molar-refractivity contribution is 0.0836. The third-order valence-electron chi connectivity index (χ3n) is 6.69. The molecule has 1 fully saturated rings. The molecule has 4 heterocycles. The summed E-state index contributed by atoms with van der Waals surface area (Å²) in [4.78, 5) is 18.3. The van der Waals surface area contributed by atoms with Gasteiger partial charge in [-0.15, -0.1) is 5.10 Å². The van der Waals surface area contributed by atoms with E-state index >= 15 is 0 Å². The molecule has 36 heavy (non-hydrogen) atoms. The lowest BCUT2D eigenvalue weighted by Crippen LogP contribution is -2.35. The summed E-state index contributed by atoms with van der Waals surface area (Å²) >= 11 is 0. The van der Waals surface area contributed by atoms with Gasteiger partial charge in [-0.3, -0.25) is 9.69 Å². The molecule has 4 aromatic rings. The number of methoxy groups -OCH3 is 1. The second kappa shape index (κ2) is 10.6. The van der Waals surface area contributed by atoms with Crippen molar-refractivity contribution in [1.29, 1.82) is 0 Å². The average molecular weight is 493 g/mol. The number of H-pyrrole nitrogens is 1. The second-order valence-corrected chi connectivity index (χ2v) is 9.60. The standard InChI is InChI=1S/C26H32N6O4/c1-17(2)24(25-28-29-30-32(25)16-22-7-5-11-36-22)31(15-21-6-4-10-35-21)14-19-12-18-13-20(34-3)8-9-23(18)27-26(19)33/h4,6,8-10,12-13,17,22,24H,5,7,11,14-16H2,1-3H3,(H,27,33)/t22-,24+/m1/s1. The van der Waals surface area contributed by atoms with Crippen LogP contribution in [0.4, 0.5) is 0 Å². The molecule has 1 N–H and O–H groups in total. The Labute approximate surface area is 209 Å². The molecule has 10 nitrogen and oxygen atoms in total. The van der Waals surface area contributed by atoms with Crippen molar-refractivity contribution in [3.05, 3.63) is 70.2 Å². The summed E-state index contributed by atoms with van der Waals surface area (Å²) in [6.45, 7) is 6.55. The largest absolute Gasteiger partial charge is 0.497 e. The van der Waals surface area contributed by atoms with Gasteiger partial charge in [0.15, 0.2) is 5.82 Å². The van der Waals surface area contributed by atoms with E-state index in [2.05, 4.69) is 39.3 Å². The van der Waals surface area contributed by atoms with Crippen LogP contribution < -0.4 is 10.3 Å². The van der Waals surface area contributed by atoms with Crippen LogP contribution in [0.25, 0.3) is 10.9 Å². The van der Waals surface area contributed by atoms with Crippen LogP contribution in [0.2, 0.25) is 0 Å². The number of hydrogen-bond acceptors (Lipinski definition) is 8. The minimum absolute atomic E-state index is 0.108. The first-order valence-corrected chi connectivity index (χ1v) is 12.4. The topological polar surface area (TPSA) is 111 Å². The van der Waals surface area contributed by atoms with E-state index < -0.39 is 0 Å². The SMILES string of the molecule is COc1ccc2[nH]c(=O)c(CN(Cc3ccco3)[C@H](c3nnnn3C[C@H]3CCCO3)C(C)C)cc2c1. The van der Waals surface area contributed by atoms with Gasteiger partial charge in [0.25, 0.3) is 5.56 Å². The van der Waals surface area contributed by atoms with Crippen molar-refractivity contribution < 1.29 is 13.9 Å². The maximum atomic E-state index is 13.1. The smallest absolute Gasteiger partial charge is 0.252 e. The normalized spacial score (nSPS) is 16.9. The lowest BCUT2D eigenvalue weighted by atomic mass is 10.00. The quantitative estimate of drug-likeness (QED) is 0.357. The van der Waals surface area contributed by atoms with E-state index in [-0.39, 0.29) is 23.6 Å². The summed E-state index contributed by atoms with van der Waals surface area (Å²) in [5, 5.41) is 13.6. The summed E-state index contributed by atoms with van der Waals surface area (Å²) < 4.78 is 18.8. The number of tetrazole rings is 1. The molecule has 0 saturated carbocycles. The predicted molar refractivity (Wildman–Crippen MR) is 133 cm³/mol. The minimum atomic E-state index is -0.160. The summed E-state index contributed by atoms with van der Waals surface area (Å²) in [5.41, 5.74) is 1.28. The first-order chi connectivity index (χ1) is 17.5. The Morgan fingerprint density at radius 2 is 2.14 bits per heavy atom. The van der Waals surface area contributed by atoms with E-state index in [1.54, 1.807) is 13.4 Å². The molecule has 190 valence electrons. The van der Waals surface area contributed by atoms with E-state index in [1.165, 1.54) is 0 Å². The molecule has 0 unspecified atom stereocenters. The number of fused-ring (bicyclic) bond motifs is 1. The van der Waals surface area contributed by atoms with Crippen LogP contribution >= 0.6 is 0 Å². The van der Waals surface area contributed by atoms with Gasteiger partial charge in [0.05, 0.1) is 38.6 Å². The molecule has 0 aliphatic carbocycles. The maximum Gasteiger partial charge on any atom is 0.252 e. The van der Waals surface area contributed by atoms with Crippen molar-refractivity contribution in [2.75, 3.05) is 13.7 Å². The molecule has 0 bridgehead atoms. The van der Waals surface area contributed by atoms with Gasteiger partial charge in [0.1, 0.15) is 11.5 Å². The highest BCUT2D eigenvalue weighted by Crippen LogP contribution is 2.31. The highest BCUT2D eigenvalue weighted by atomic mass is 16.5. The van der Waals surface area contributed by atoms with Crippen molar-refractivity contribution in [3.63, 3.8) is 0 Å². The monoisotopic (exact) mass is 492 g/mol. The third kappa shape index (κ3) is 5.19. The number of nitrogens with zero attached hydrogens (tertiary/aromatic N) is 5. The maximum absolute atomic E-state index is 13.1. The molecule has 1 aliphatic heterocycles. The number of rotatable bonds is 10. The van der Waals surface area contributed by atoms with Crippen molar-refractivity contribution in [3.8, 4) is 5.75 Å². The van der Waals surface area contributed by atoms with Crippen molar-refractivity contribution in [1.82, 2.24) is 30.1 Å². The van der Waals surface area contributed by atoms with Gasteiger partial charge in [-0.2, -0.15) is 0 Å². The van der Waals surface area contributed by atoms with Crippen molar-refractivity contribution in [2.24, 2.45) is 5.92 Å². The lowest BCUT2D eigenvalue weighted by Gasteiger charge is -2.33. The molecule has 1 aromatic carbocycles. The van der Waals surface area contributed by atoms with E-state index in [1.807, 2.05) is 41.1 Å². The van der Waals surface area contributed by atoms with Gasteiger partial charge in [0, 0.05) is 29.6 Å². The van der Waals surface area contributed by atoms with Crippen LogP contribution in [-0.4, -0.2) is 49.9 Å². The van der Waals surface area contributed by atoms with Gasteiger partial charge in [-0.05, 0) is 65.6 Å². The number of nitrogens with one attached hydrogen (secondary N) is 1. The van der Waals surface area contributed by atoms with Crippen LogP contribution in [0.1, 0.15) is 49.9 Å². The second-order valence-electron chi connectivity index (χ2n) is 9.60. The molecule has 5 rings (SSSR count). The van der Waals surface area contributed by atoms with Gasteiger partial charge in [0.2, 0.25) is 0 Å². The van der Waals surface area contributed by atoms with Crippen LogP contribution in [0.3, 0.4) is 0 Å². The van der Waals surface area contributed by atoms with E-state index in [4.69, 9.17) is 13.9 Å². The fraction of sp³-hybridized carbons (Fsp3) is 0.462. The summed E-state index contributed by atoms with van der Waals surface area (Å²) in [6.07, 6.45) is 3.82. The first-order valence-electron chi connectivity index (χ1n) is 12.4. The van der Waals surface area contributed by atoms with E-state index in [9.17, 15) is 4.79 Å². The molecule has 1 aliphatic rings. The number of hydrogen-bond donors (Lipinski definition) is 1. The zero-order valence-electron chi connectivity index (χ0n) is 20.9. The minimum Gasteiger partial charge on any atom is -0.497 e. The summed E-state index contributed by atoms with van der Waals surface area (Å²) in [5.74, 6) is 2.46. The summed E-state index contributed by atoms with van der Waals surface area (Å²) in [7, 11) is 1.63. The number of aromatic nitrogens is 5. The van der Waals surface area contributed by atoms with Crippen LogP contribution in [0, 0.1) is 5.92 Å².